The number of hydrogen-bond acceptors (Lipinski definition) is 0. The molecule has 0 nitrogen and oxygen atoms in total. The third-order valence-electron chi connectivity index (χ3n) is 3.04. The first-order valence-corrected chi connectivity index (χ1v) is 4.78. The molecule has 1 radical (unpaired) electrons. The van der Waals surface area contributed by atoms with Crippen LogP contribution in [-0.2, 0) is 0 Å². The van der Waals surface area contributed by atoms with E-state index >= 15 is 0 Å². The van der Waals surface area contributed by atoms with Gasteiger partial charge in [-0.3, -0.25) is 0 Å². The summed E-state index contributed by atoms with van der Waals surface area (Å²) in [7, 11) is 0. The van der Waals surface area contributed by atoms with Gasteiger partial charge in [0, 0.05) is 0 Å². The third-order valence-corrected chi connectivity index (χ3v) is 3.04. The Bertz CT molecular complexity index is 101. The zero-order valence-corrected chi connectivity index (χ0v) is 8.78. The van der Waals surface area contributed by atoms with Crippen molar-refractivity contribution in [3.8, 4) is 0 Å². The monoisotopic (exact) mass is 155 g/mol. The highest BCUT2D eigenvalue weighted by molar-refractivity contribution is 4.80. The molecule has 0 aliphatic carbocycles. The Morgan fingerprint density at radius 2 is 1.73 bits per heavy atom. The highest BCUT2D eigenvalue weighted by atomic mass is 14.3. The lowest BCUT2D eigenvalue weighted by Gasteiger charge is -2.35. The summed E-state index contributed by atoms with van der Waals surface area (Å²) in [6.45, 7) is 15.6. The standard InChI is InChI=1S/C11H23/c1-7-10(9(3)4)11(5,6)8-2/h9-10H,3,7-8H2,1-2,4-6H3. The van der Waals surface area contributed by atoms with Crippen LogP contribution >= 0.6 is 0 Å². The van der Waals surface area contributed by atoms with Gasteiger partial charge in [-0.1, -0.05) is 54.4 Å². The maximum atomic E-state index is 4.12. The molecule has 0 N–H and O–H groups in total. The van der Waals surface area contributed by atoms with Crippen LogP contribution in [0.4, 0.5) is 0 Å². The Kier molecular flexibility index (Phi) is 4.13. The normalized spacial score (nSPS) is 15.5. The van der Waals surface area contributed by atoms with Crippen LogP contribution in [0.25, 0.3) is 0 Å². The molecule has 0 saturated heterocycles. The zero-order valence-electron chi connectivity index (χ0n) is 8.78. The zero-order chi connectivity index (χ0) is 9.07. The maximum Gasteiger partial charge on any atom is -0.0326 e. The maximum absolute atomic E-state index is 4.12. The van der Waals surface area contributed by atoms with Crippen LogP contribution in [0.5, 0.6) is 0 Å². The van der Waals surface area contributed by atoms with Gasteiger partial charge in [0.15, 0.2) is 0 Å². The topological polar surface area (TPSA) is 0 Å². The highest BCUT2D eigenvalue weighted by Crippen LogP contribution is 2.37. The second-order valence-electron chi connectivity index (χ2n) is 4.33. The van der Waals surface area contributed by atoms with Crippen LogP contribution in [0.2, 0.25) is 0 Å². The van der Waals surface area contributed by atoms with E-state index in [1.807, 2.05) is 0 Å². The van der Waals surface area contributed by atoms with Crippen LogP contribution in [0.15, 0.2) is 0 Å². The van der Waals surface area contributed by atoms with Crippen molar-refractivity contribution in [1.29, 1.82) is 0 Å². The summed E-state index contributed by atoms with van der Waals surface area (Å²) in [5.41, 5.74) is 0.468. The lowest BCUT2D eigenvalue weighted by molar-refractivity contribution is 0.156. The van der Waals surface area contributed by atoms with Gasteiger partial charge in [0.1, 0.15) is 0 Å². The molecule has 2 unspecified atom stereocenters. The molecule has 0 aliphatic heterocycles. The fourth-order valence-electron chi connectivity index (χ4n) is 1.99. The molecule has 0 amide bonds. The molecule has 0 fully saturated rings. The summed E-state index contributed by atoms with van der Waals surface area (Å²) < 4.78 is 0. The molecule has 2 atom stereocenters. The van der Waals surface area contributed by atoms with Gasteiger partial charge in [0.25, 0.3) is 0 Å². The smallest absolute Gasteiger partial charge is 0.0326 e. The fraction of sp³-hybridized carbons (Fsp3) is 0.909. The quantitative estimate of drug-likeness (QED) is 0.577. The summed E-state index contributed by atoms with van der Waals surface area (Å²) >= 11 is 0. The lowest BCUT2D eigenvalue weighted by Crippen LogP contribution is -2.27. The van der Waals surface area contributed by atoms with Gasteiger partial charge in [-0.25, -0.2) is 0 Å². The molecule has 0 heteroatoms. The first-order valence-electron chi connectivity index (χ1n) is 4.78. The molecule has 0 aromatic carbocycles. The minimum absolute atomic E-state index is 0.468. The molecule has 11 heavy (non-hydrogen) atoms. The molecule has 0 saturated carbocycles. The summed E-state index contributed by atoms with van der Waals surface area (Å²) in [4.78, 5) is 0. The number of rotatable bonds is 4. The van der Waals surface area contributed by atoms with Gasteiger partial charge >= 0.3 is 0 Å². The van der Waals surface area contributed by atoms with E-state index in [1.54, 1.807) is 0 Å². The van der Waals surface area contributed by atoms with E-state index < -0.39 is 0 Å². The van der Waals surface area contributed by atoms with Crippen molar-refractivity contribution in [2.24, 2.45) is 17.3 Å². The summed E-state index contributed by atoms with van der Waals surface area (Å²) in [5, 5.41) is 0. The van der Waals surface area contributed by atoms with Crippen molar-refractivity contribution in [3.05, 3.63) is 6.92 Å². The molecule has 0 rings (SSSR count). The molecular weight excluding hydrogens is 132 g/mol. The predicted molar refractivity (Wildman–Crippen MR) is 52.4 cm³/mol. The van der Waals surface area contributed by atoms with E-state index in [0.717, 1.165) is 5.92 Å². The van der Waals surface area contributed by atoms with Crippen LogP contribution in [0, 0.1) is 24.2 Å². The van der Waals surface area contributed by atoms with E-state index in [-0.39, 0.29) is 0 Å². The number of hydrogen-bond donors (Lipinski definition) is 0. The second kappa shape index (κ2) is 4.13. The van der Waals surface area contributed by atoms with Gasteiger partial charge in [0.2, 0.25) is 0 Å². The van der Waals surface area contributed by atoms with Gasteiger partial charge in [-0.2, -0.15) is 0 Å². The molecule has 0 bridgehead atoms. The highest BCUT2D eigenvalue weighted by Gasteiger charge is 2.28. The SMILES string of the molecule is [CH2]C(C)C(CC)C(C)(C)CC. The van der Waals surface area contributed by atoms with Crippen molar-refractivity contribution < 1.29 is 0 Å². The van der Waals surface area contributed by atoms with Gasteiger partial charge in [0.05, 0.1) is 0 Å². The molecule has 67 valence electrons. The van der Waals surface area contributed by atoms with E-state index in [0.29, 0.717) is 11.3 Å². The molecule has 0 spiro atoms. The molecule has 0 aromatic rings. The largest absolute Gasteiger partial charge is 0.0651 e. The first-order chi connectivity index (χ1) is 4.95. The summed E-state index contributed by atoms with van der Waals surface area (Å²) in [6, 6.07) is 0. The minimum atomic E-state index is 0.468. The second-order valence-corrected chi connectivity index (χ2v) is 4.33. The average Bonchev–Trinajstić information content (AvgIpc) is 1.88. The summed E-state index contributed by atoms with van der Waals surface area (Å²) in [6.07, 6.45) is 2.51. The van der Waals surface area contributed by atoms with E-state index in [9.17, 15) is 0 Å². The van der Waals surface area contributed by atoms with Crippen molar-refractivity contribution in [2.45, 2.75) is 47.5 Å². The molecular formula is C11H23. The Labute approximate surface area is 72.4 Å². The summed E-state index contributed by atoms with van der Waals surface area (Å²) in [5.74, 6) is 1.35. The van der Waals surface area contributed by atoms with Crippen molar-refractivity contribution in [1.82, 2.24) is 0 Å². The van der Waals surface area contributed by atoms with Crippen molar-refractivity contribution in [3.63, 3.8) is 0 Å². The van der Waals surface area contributed by atoms with Crippen molar-refractivity contribution in [2.75, 3.05) is 0 Å². The van der Waals surface area contributed by atoms with E-state index in [4.69, 9.17) is 0 Å². The first kappa shape index (κ1) is 11.0. The van der Waals surface area contributed by atoms with Crippen LogP contribution in [-0.4, -0.2) is 0 Å². The van der Waals surface area contributed by atoms with Crippen LogP contribution in [0.3, 0.4) is 0 Å². The Balaban J connectivity index is 4.23. The van der Waals surface area contributed by atoms with E-state index in [1.165, 1.54) is 12.8 Å². The fourth-order valence-corrected chi connectivity index (χ4v) is 1.99. The van der Waals surface area contributed by atoms with Crippen LogP contribution in [0.1, 0.15) is 47.5 Å². The Morgan fingerprint density at radius 3 is 1.82 bits per heavy atom. The predicted octanol–water partition coefficient (Wildman–Crippen LogP) is 3.92. The minimum Gasteiger partial charge on any atom is -0.0651 e. The van der Waals surface area contributed by atoms with E-state index in [2.05, 4.69) is 41.5 Å². The Morgan fingerprint density at radius 1 is 1.27 bits per heavy atom. The van der Waals surface area contributed by atoms with Crippen molar-refractivity contribution >= 4 is 0 Å². The Hall–Kier alpha value is 0. The van der Waals surface area contributed by atoms with Gasteiger partial charge in [-0.05, 0) is 17.3 Å². The average molecular weight is 155 g/mol. The van der Waals surface area contributed by atoms with Gasteiger partial charge in [-0.15, -0.1) is 0 Å². The van der Waals surface area contributed by atoms with Crippen LogP contribution < -0.4 is 0 Å². The molecule has 0 aliphatic rings. The molecule has 0 heterocycles. The lowest BCUT2D eigenvalue weighted by atomic mass is 9.70. The van der Waals surface area contributed by atoms with Gasteiger partial charge < -0.3 is 0 Å². The third kappa shape index (κ3) is 2.84. The molecule has 0 aromatic heterocycles.